The molecule has 130 valence electrons. The van der Waals surface area contributed by atoms with Crippen LogP contribution >= 0.6 is 0 Å². The molecule has 6 nitrogen and oxygen atoms in total. The summed E-state index contributed by atoms with van der Waals surface area (Å²) in [4.78, 5) is 23.9. The van der Waals surface area contributed by atoms with E-state index in [0.717, 1.165) is 11.3 Å². The lowest BCUT2D eigenvalue weighted by Crippen LogP contribution is -2.37. The summed E-state index contributed by atoms with van der Waals surface area (Å²) in [5.74, 6) is 0.340. The molecule has 2 amide bonds. The SMILES string of the molecule is C[C@@H]1Oc2ccc(N[C@H](C)C(=O)NCc3ccccc3)cc2NC1=O. The minimum atomic E-state index is -0.506. The van der Waals surface area contributed by atoms with Gasteiger partial charge in [-0.15, -0.1) is 0 Å². The van der Waals surface area contributed by atoms with E-state index in [4.69, 9.17) is 4.74 Å². The summed E-state index contributed by atoms with van der Waals surface area (Å²) in [6.07, 6.45) is -0.506. The molecule has 0 radical (unpaired) electrons. The van der Waals surface area contributed by atoms with Crippen LogP contribution in [0.1, 0.15) is 19.4 Å². The molecule has 2 atom stereocenters. The summed E-state index contributed by atoms with van der Waals surface area (Å²) in [7, 11) is 0. The Hall–Kier alpha value is -3.02. The Morgan fingerprint density at radius 2 is 2.00 bits per heavy atom. The topological polar surface area (TPSA) is 79.5 Å². The molecule has 1 aliphatic heterocycles. The van der Waals surface area contributed by atoms with Crippen LogP contribution in [0.4, 0.5) is 11.4 Å². The highest BCUT2D eigenvalue weighted by molar-refractivity contribution is 5.98. The van der Waals surface area contributed by atoms with Crippen LogP contribution in [0.2, 0.25) is 0 Å². The monoisotopic (exact) mass is 339 g/mol. The molecule has 3 N–H and O–H groups in total. The van der Waals surface area contributed by atoms with Crippen molar-refractivity contribution in [1.82, 2.24) is 5.32 Å². The number of nitrogens with one attached hydrogen (secondary N) is 3. The zero-order valence-corrected chi connectivity index (χ0v) is 14.2. The molecule has 0 fully saturated rings. The van der Waals surface area contributed by atoms with Crippen LogP contribution in [0.5, 0.6) is 5.75 Å². The average molecular weight is 339 g/mol. The number of anilines is 2. The zero-order valence-electron chi connectivity index (χ0n) is 14.2. The van der Waals surface area contributed by atoms with Gasteiger partial charge in [0, 0.05) is 12.2 Å². The van der Waals surface area contributed by atoms with Gasteiger partial charge < -0.3 is 20.7 Å². The van der Waals surface area contributed by atoms with Gasteiger partial charge >= 0.3 is 0 Å². The fourth-order valence-corrected chi connectivity index (χ4v) is 2.55. The van der Waals surface area contributed by atoms with Crippen LogP contribution < -0.4 is 20.7 Å². The second-order valence-electron chi connectivity index (χ2n) is 6.03. The summed E-state index contributed by atoms with van der Waals surface area (Å²) in [6, 6.07) is 14.7. The molecule has 6 heteroatoms. The van der Waals surface area contributed by atoms with Gasteiger partial charge in [0.1, 0.15) is 11.8 Å². The van der Waals surface area contributed by atoms with Crippen molar-refractivity contribution in [3.8, 4) is 5.75 Å². The number of benzene rings is 2. The van der Waals surface area contributed by atoms with Gasteiger partial charge in [0.25, 0.3) is 5.91 Å². The van der Waals surface area contributed by atoms with Crippen LogP contribution in [0.25, 0.3) is 0 Å². The number of rotatable bonds is 5. The molecule has 2 aromatic rings. The van der Waals surface area contributed by atoms with Crippen molar-refractivity contribution in [2.24, 2.45) is 0 Å². The summed E-state index contributed by atoms with van der Waals surface area (Å²) in [6.45, 7) is 3.97. The van der Waals surface area contributed by atoms with Crippen molar-refractivity contribution in [3.63, 3.8) is 0 Å². The third kappa shape index (κ3) is 4.09. The van der Waals surface area contributed by atoms with Gasteiger partial charge in [0.2, 0.25) is 5.91 Å². The molecule has 0 aliphatic carbocycles. The van der Waals surface area contributed by atoms with Crippen molar-refractivity contribution < 1.29 is 14.3 Å². The zero-order chi connectivity index (χ0) is 17.8. The Morgan fingerprint density at radius 3 is 2.76 bits per heavy atom. The van der Waals surface area contributed by atoms with Crippen LogP contribution in [0.15, 0.2) is 48.5 Å². The Morgan fingerprint density at radius 1 is 1.24 bits per heavy atom. The molecule has 25 heavy (non-hydrogen) atoms. The van der Waals surface area contributed by atoms with Crippen molar-refractivity contribution >= 4 is 23.2 Å². The van der Waals surface area contributed by atoms with Crippen LogP contribution in [0, 0.1) is 0 Å². The third-order valence-corrected chi connectivity index (χ3v) is 4.00. The molecular weight excluding hydrogens is 318 g/mol. The predicted octanol–water partition coefficient (Wildman–Crippen LogP) is 2.52. The standard InChI is InChI=1S/C19H21N3O3/c1-12(18(23)20-11-14-6-4-3-5-7-14)21-15-8-9-17-16(10-15)22-19(24)13(2)25-17/h3-10,12-13,21H,11H2,1-2H3,(H,20,23)(H,22,24)/t12-,13+/m1/s1. The number of amides is 2. The fourth-order valence-electron chi connectivity index (χ4n) is 2.55. The largest absolute Gasteiger partial charge is 0.479 e. The van der Waals surface area contributed by atoms with Crippen molar-refractivity contribution in [1.29, 1.82) is 0 Å². The maximum atomic E-state index is 12.2. The molecule has 1 heterocycles. The number of hydrogen-bond acceptors (Lipinski definition) is 4. The summed E-state index contributed by atoms with van der Waals surface area (Å²) in [5.41, 5.74) is 2.38. The van der Waals surface area contributed by atoms with Gasteiger partial charge in [-0.1, -0.05) is 30.3 Å². The Labute approximate surface area is 146 Å². The van der Waals surface area contributed by atoms with E-state index in [1.807, 2.05) is 36.4 Å². The first kappa shape index (κ1) is 16.8. The van der Waals surface area contributed by atoms with Gasteiger partial charge in [-0.25, -0.2) is 0 Å². The highest BCUT2D eigenvalue weighted by atomic mass is 16.5. The molecule has 0 aromatic heterocycles. The molecule has 0 bridgehead atoms. The fraction of sp³-hybridized carbons (Fsp3) is 0.263. The Balaban J connectivity index is 1.59. The molecule has 3 rings (SSSR count). The van der Waals surface area contributed by atoms with E-state index in [2.05, 4.69) is 16.0 Å². The lowest BCUT2D eigenvalue weighted by Gasteiger charge is -2.24. The maximum absolute atomic E-state index is 12.2. The first-order chi connectivity index (χ1) is 12.0. The number of carbonyl (C=O) groups excluding carboxylic acids is 2. The van der Waals surface area contributed by atoms with Gasteiger partial charge in [-0.2, -0.15) is 0 Å². The summed E-state index contributed by atoms with van der Waals surface area (Å²) in [5, 5.41) is 8.83. The highest BCUT2D eigenvalue weighted by Crippen LogP contribution is 2.32. The van der Waals surface area contributed by atoms with Gasteiger partial charge in [-0.3, -0.25) is 9.59 Å². The van der Waals surface area contributed by atoms with Crippen molar-refractivity contribution in [2.45, 2.75) is 32.5 Å². The maximum Gasteiger partial charge on any atom is 0.265 e. The van der Waals surface area contributed by atoms with E-state index in [1.54, 1.807) is 26.0 Å². The highest BCUT2D eigenvalue weighted by Gasteiger charge is 2.23. The van der Waals surface area contributed by atoms with Crippen molar-refractivity contribution in [2.75, 3.05) is 10.6 Å². The smallest absolute Gasteiger partial charge is 0.265 e. The minimum Gasteiger partial charge on any atom is -0.479 e. The van der Waals surface area contributed by atoms with Crippen LogP contribution in [-0.2, 0) is 16.1 Å². The van der Waals surface area contributed by atoms with E-state index in [-0.39, 0.29) is 11.8 Å². The van der Waals surface area contributed by atoms with Gasteiger partial charge in [0.15, 0.2) is 6.10 Å². The first-order valence-corrected chi connectivity index (χ1v) is 8.22. The third-order valence-electron chi connectivity index (χ3n) is 4.00. The predicted molar refractivity (Wildman–Crippen MR) is 96.5 cm³/mol. The lowest BCUT2D eigenvalue weighted by molar-refractivity contribution is -0.123. The Kier molecular flexibility index (Phi) is 4.88. The number of ether oxygens (including phenoxy) is 1. The molecule has 1 aliphatic rings. The lowest BCUT2D eigenvalue weighted by atomic mass is 10.2. The first-order valence-electron chi connectivity index (χ1n) is 8.22. The normalized spacial score (nSPS) is 16.9. The van der Waals surface area contributed by atoms with E-state index in [1.165, 1.54) is 0 Å². The minimum absolute atomic E-state index is 0.101. The van der Waals surface area contributed by atoms with Crippen molar-refractivity contribution in [3.05, 3.63) is 54.1 Å². The molecule has 2 aromatic carbocycles. The van der Waals surface area contributed by atoms with Crippen LogP contribution in [0.3, 0.4) is 0 Å². The molecule has 0 spiro atoms. The van der Waals surface area contributed by atoms with E-state index >= 15 is 0 Å². The van der Waals surface area contributed by atoms with Crippen LogP contribution in [-0.4, -0.2) is 24.0 Å². The van der Waals surface area contributed by atoms with E-state index in [9.17, 15) is 9.59 Å². The van der Waals surface area contributed by atoms with E-state index < -0.39 is 12.1 Å². The summed E-state index contributed by atoms with van der Waals surface area (Å²) >= 11 is 0. The number of carbonyl (C=O) groups is 2. The molecule has 0 unspecified atom stereocenters. The Bertz CT molecular complexity index is 777. The average Bonchev–Trinajstić information content (AvgIpc) is 2.61. The second kappa shape index (κ2) is 7.25. The number of hydrogen-bond donors (Lipinski definition) is 3. The molecular formula is C19H21N3O3. The van der Waals surface area contributed by atoms with E-state index in [0.29, 0.717) is 18.0 Å². The second-order valence-corrected chi connectivity index (χ2v) is 6.03. The summed E-state index contributed by atoms with van der Waals surface area (Å²) < 4.78 is 5.52. The molecule has 0 saturated heterocycles. The van der Waals surface area contributed by atoms with Gasteiger partial charge in [0.05, 0.1) is 5.69 Å². The quantitative estimate of drug-likeness (QED) is 0.782. The number of fused-ring (bicyclic) bond motifs is 1. The van der Waals surface area contributed by atoms with Gasteiger partial charge in [-0.05, 0) is 37.6 Å². The molecule has 0 saturated carbocycles.